The molecule has 1 heterocycles. The quantitative estimate of drug-likeness (QED) is 0.282. The molecular formula is C28H20Cl3NO5S. The maximum absolute atomic E-state index is 12.8. The summed E-state index contributed by atoms with van der Waals surface area (Å²) in [5.41, 5.74) is 1.52. The lowest BCUT2D eigenvalue weighted by atomic mass is 10.1. The van der Waals surface area contributed by atoms with E-state index in [0.717, 1.165) is 22.9 Å². The second-order valence-electron chi connectivity index (χ2n) is 7.85. The number of hydrogen-bond donors (Lipinski definition) is 1. The number of halogens is 3. The van der Waals surface area contributed by atoms with Crippen molar-refractivity contribution in [2.24, 2.45) is 4.99 Å². The van der Waals surface area contributed by atoms with Gasteiger partial charge in [-0.2, -0.15) is 0 Å². The summed E-state index contributed by atoms with van der Waals surface area (Å²) in [6, 6.07) is 18.7. The number of hydrogen-bond acceptors (Lipinski definition) is 6. The Balaban J connectivity index is 1.56. The first-order chi connectivity index (χ1) is 18.3. The van der Waals surface area contributed by atoms with Gasteiger partial charge in [0.15, 0.2) is 0 Å². The summed E-state index contributed by atoms with van der Waals surface area (Å²) in [6.07, 6.45) is 1.67. The summed E-state index contributed by atoms with van der Waals surface area (Å²) in [5, 5.41) is 12.2. The molecule has 0 spiro atoms. The zero-order valence-corrected chi connectivity index (χ0v) is 23.0. The number of ether oxygens (including phenoxy) is 2. The van der Waals surface area contributed by atoms with Gasteiger partial charge in [-0.25, -0.2) is 9.79 Å². The van der Waals surface area contributed by atoms with E-state index in [9.17, 15) is 14.7 Å². The van der Waals surface area contributed by atoms with Crippen molar-refractivity contribution in [1.82, 2.24) is 0 Å². The third kappa shape index (κ3) is 6.60. The van der Waals surface area contributed by atoms with Crippen molar-refractivity contribution in [2.75, 3.05) is 6.61 Å². The highest BCUT2D eigenvalue weighted by atomic mass is 35.5. The maximum Gasteiger partial charge on any atom is 0.344 e. The smallest absolute Gasteiger partial charge is 0.344 e. The van der Waals surface area contributed by atoms with Crippen LogP contribution in [-0.2, 0) is 16.1 Å². The van der Waals surface area contributed by atoms with Crippen LogP contribution < -0.4 is 4.74 Å². The fourth-order valence-corrected chi connectivity index (χ4v) is 5.08. The Bertz CT molecular complexity index is 1480. The Morgan fingerprint density at radius 2 is 1.74 bits per heavy atom. The number of amides is 1. The van der Waals surface area contributed by atoms with E-state index in [1.807, 2.05) is 0 Å². The molecule has 10 heteroatoms. The molecule has 1 aliphatic heterocycles. The zero-order valence-electron chi connectivity index (χ0n) is 19.9. The number of aliphatic hydroxyl groups excluding tert-OH is 1. The molecule has 0 unspecified atom stereocenters. The lowest BCUT2D eigenvalue weighted by Crippen LogP contribution is -2.14. The van der Waals surface area contributed by atoms with E-state index in [1.165, 1.54) is 6.07 Å². The van der Waals surface area contributed by atoms with Gasteiger partial charge in [0.1, 0.15) is 28.7 Å². The number of aliphatic imine (C=N–C) groups is 1. The van der Waals surface area contributed by atoms with Gasteiger partial charge in [0.25, 0.3) is 5.91 Å². The molecule has 1 amide bonds. The van der Waals surface area contributed by atoms with E-state index < -0.39 is 11.9 Å². The van der Waals surface area contributed by atoms with Crippen molar-refractivity contribution in [1.29, 1.82) is 0 Å². The van der Waals surface area contributed by atoms with Gasteiger partial charge in [-0.15, -0.1) is 0 Å². The molecule has 38 heavy (non-hydrogen) atoms. The van der Waals surface area contributed by atoms with Crippen LogP contribution in [0.15, 0.2) is 88.0 Å². The van der Waals surface area contributed by atoms with Crippen molar-refractivity contribution in [3.8, 4) is 5.75 Å². The van der Waals surface area contributed by atoms with E-state index in [0.29, 0.717) is 20.7 Å². The van der Waals surface area contributed by atoms with Crippen molar-refractivity contribution in [3.63, 3.8) is 0 Å². The minimum absolute atomic E-state index is 0.0249. The highest BCUT2D eigenvalue weighted by molar-refractivity contribution is 8.18. The van der Waals surface area contributed by atoms with E-state index in [4.69, 9.17) is 44.3 Å². The Hall–Kier alpha value is -3.23. The number of thioether (sulfide) groups is 1. The van der Waals surface area contributed by atoms with Crippen LogP contribution in [0.2, 0.25) is 15.1 Å². The summed E-state index contributed by atoms with van der Waals surface area (Å²) in [5.74, 6) is -1.14. The lowest BCUT2D eigenvalue weighted by molar-refractivity contribution is -0.138. The first-order valence-corrected chi connectivity index (χ1v) is 13.3. The topological polar surface area (TPSA) is 85.2 Å². The van der Waals surface area contributed by atoms with E-state index in [2.05, 4.69) is 4.99 Å². The molecule has 1 aliphatic rings. The largest absolute Gasteiger partial charge is 0.506 e. The van der Waals surface area contributed by atoms with Crippen LogP contribution in [0.5, 0.6) is 5.75 Å². The van der Waals surface area contributed by atoms with Gasteiger partial charge in [-0.1, -0.05) is 76.9 Å². The Labute approximate surface area is 238 Å². The van der Waals surface area contributed by atoms with Crippen LogP contribution in [0.3, 0.4) is 0 Å². The Morgan fingerprint density at radius 1 is 1.00 bits per heavy atom. The van der Waals surface area contributed by atoms with Crippen molar-refractivity contribution in [3.05, 3.63) is 115 Å². The molecule has 0 fully saturated rings. The van der Waals surface area contributed by atoms with Gasteiger partial charge in [0, 0.05) is 15.6 Å². The fraction of sp³-hybridized carbons (Fsp3) is 0.107. The highest BCUT2D eigenvalue weighted by Gasteiger charge is 2.34. The first-order valence-electron chi connectivity index (χ1n) is 11.3. The molecule has 194 valence electrons. The number of rotatable bonds is 7. The molecule has 1 N–H and O–H groups in total. The predicted molar refractivity (Wildman–Crippen MR) is 152 cm³/mol. The van der Waals surface area contributed by atoms with Gasteiger partial charge >= 0.3 is 5.97 Å². The minimum atomic E-state index is -0.781. The molecule has 4 rings (SSSR count). The average molecular weight is 589 g/mol. The Morgan fingerprint density at radius 3 is 2.42 bits per heavy atom. The number of benzene rings is 3. The summed E-state index contributed by atoms with van der Waals surface area (Å²) in [4.78, 5) is 29.8. The molecule has 6 nitrogen and oxygen atoms in total. The van der Waals surface area contributed by atoms with Crippen LogP contribution >= 0.6 is 46.6 Å². The van der Waals surface area contributed by atoms with Gasteiger partial charge < -0.3 is 14.6 Å². The summed E-state index contributed by atoms with van der Waals surface area (Å²) in [6.45, 7) is 2.00. The third-order valence-corrected chi connectivity index (χ3v) is 7.20. The summed E-state index contributed by atoms with van der Waals surface area (Å²) < 4.78 is 10.9. The van der Waals surface area contributed by atoms with Crippen LogP contribution in [0.1, 0.15) is 28.4 Å². The van der Waals surface area contributed by atoms with E-state index in [-0.39, 0.29) is 40.2 Å². The summed E-state index contributed by atoms with van der Waals surface area (Å²) >= 11 is 19.2. The van der Waals surface area contributed by atoms with Gasteiger partial charge in [0.05, 0.1) is 22.1 Å². The predicted octanol–water partition coefficient (Wildman–Crippen LogP) is 7.93. The van der Waals surface area contributed by atoms with E-state index in [1.54, 1.807) is 73.7 Å². The number of aliphatic hydroxyl groups is 1. The van der Waals surface area contributed by atoms with Gasteiger partial charge in [-0.3, -0.25) is 4.79 Å². The lowest BCUT2D eigenvalue weighted by Gasteiger charge is -2.08. The van der Waals surface area contributed by atoms with Crippen molar-refractivity contribution in [2.45, 2.75) is 13.5 Å². The average Bonchev–Trinajstić information content (AvgIpc) is 3.18. The number of esters is 1. The molecule has 0 saturated heterocycles. The number of carbonyl (C=O) groups excluding carboxylic acids is 2. The van der Waals surface area contributed by atoms with Crippen LogP contribution in [-0.4, -0.2) is 28.6 Å². The SMILES string of the molecule is CCOC(=O)C1=C(O)/C(=C/c2ccc(OCc3ccc(Cl)cc3Cl)cc2)SC1=NC(=O)c1ccccc1Cl. The molecular weight excluding hydrogens is 569 g/mol. The van der Waals surface area contributed by atoms with E-state index >= 15 is 0 Å². The van der Waals surface area contributed by atoms with Gasteiger partial charge in [0.2, 0.25) is 0 Å². The molecule has 0 bridgehead atoms. The maximum atomic E-state index is 12.8. The number of carbonyl (C=O) groups is 2. The monoisotopic (exact) mass is 587 g/mol. The van der Waals surface area contributed by atoms with Crippen molar-refractivity contribution < 1.29 is 24.2 Å². The normalized spacial score (nSPS) is 15.3. The molecule has 0 aliphatic carbocycles. The second-order valence-corrected chi connectivity index (χ2v) is 10.1. The standard InChI is InChI=1S/C28H20Cl3NO5S/c1-2-36-28(35)24-25(33)23(38-27(24)32-26(34)20-5-3-4-6-21(20)30)13-16-7-11-19(12-8-16)37-15-17-9-10-18(29)14-22(17)31/h3-14,33H,2,15H2,1H3/b23-13-,32-27?. The molecule has 0 atom stereocenters. The molecule has 0 radical (unpaired) electrons. The molecule has 0 saturated carbocycles. The molecule has 0 aromatic heterocycles. The minimum Gasteiger partial charge on any atom is -0.506 e. The summed E-state index contributed by atoms with van der Waals surface area (Å²) in [7, 11) is 0. The van der Waals surface area contributed by atoms with Crippen LogP contribution in [0.4, 0.5) is 0 Å². The fourth-order valence-electron chi connectivity index (χ4n) is 3.39. The molecule has 3 aromatic carbocycles. The Kier molecular flexibility index (Phi) is 9.17. The number of nitrogens with zero attached hydrogens (tertiary/aromatic N) is 1. The first kappa shape index (κ1) is 27.8. The van der Waals surface area contributed by atoms with Crippen molar-refractivity contribution >= 4 is 69.6 Å². The van der Waals surface area contributed by atoms with Crippen LogP contribution in [0, 0.1) is 0 Å². The van der Waals surface area contributed by atoms with Crippen LogP contribution in [0.25, 0.3) is 6.08 Å². The molecule has 3 aromatic rings. The third-order valence-electron chi connectivity index (χ3n) is 5.26. The highest BCUT2D eigenvalue weighted by Crippen LogP contribution is 2.39. The zero-order chi connectivity index (χ0) is 27.2. The second kappa shape index (κ2) is 12.5. The van der Waals surface area contributed by atoms with Gasteiger partial charge in [-0.05, 0) is 55.0 Å².